The number of amides is 1. The lowest BCUT2D eigenvalue weighted by molar-refractivity contribution is -0.115. The van der Waals surface area contributed by atoms with E-state index in [0.717, 1.165) is 22.3 Å². The van der Waals surface area contributed by atoms with Gasteiger partial charge in [0.2, 0.25) is 5.91 Å². The van der Waals surface area contributed by atoms with Crippen molar-refractivity contribution in [3.63, 3.8) is 0 Å². The molecule has 0 spiro atoms. The zero-order valence-electron chi connectivity index (χ0n) is 10.8. The van der Waals surface area contributed by atoms with Crippen molar-refractivity contribution in [1.29, 1.82) is 0 Å². The number of carbonyl (C=O) groups excluding carboxylic acids is 1. The highest BCUT2D eigenvalue weighted by molar-refractivity contribution is 6.33. The SMILES string of the molecule is CCC(=O)Nc1nn(C)c2nc(C)c(Cl)c(C)c12. The van der Waals surface area contributed by atoms with Crippen molar-refractivity contribution >= 4 is 34.4 Å². The fourth-order valence-corrected chi connectivity index (χ4v) is 2.02. The summed E-state index contributed by atoms with van der Waals surface area (Å²) >= 11 is 6.20. The third-order valence-corrected chi connectivity index (χ3v) is 3.45. The minimum absolute atomic E-state index is 0.0777. The summed E-state index contributed by atoms with van der Waals surface area (Å²) in [5.74, 6) is 0.442. The first-order valence-electron chi connectivity index (χ1n) is 5.75. The van der Waals surface area contributed by atoms with Gasteiger partial charge in [-0.05, 0) is 19.4 Å². The maximum absolute atomic E-state index is 11.5. The van der Waals surface area contributed by atoms with Gasteiger partial charge in [-0.3, -0.25) is 4.79 Å². The van der Waals surface area contributed by atoms with Crippen molar-refractivity contribution in [1.82, 2.24) is 14.8 Å². The van der Waals surface area contributed by atoms with E-state index in [1.165, 1.54) is 0 Å². The van der Waals surface area contributed by atoms with Gasteiger partial charge >= 0.3 is 0 Å². The second kappa shape index (κ2) is 4.57. The summed E-state index contributed by atoms with van der Waals surface area (Å²) in [6.07, 6.45) is 0.407. The van der Waals surface area contributed by atoms with E-state index in [0.29, 0.717) is 17.3 Å². The van der Waals surface area contributed by atoms with E-state index >= 15 is 0 Å². The van der Waals surface area contributed by atoms with Crippen molar-refractivity contribution in [3.05, 3.63) is 16.3 Å². The van der Waals surface area contributed by atoms with Crippen LogP contribution in [0.3, 0.4) is 0 Å². The molecule has 0 saturated heterocycles. The first kappa shape index (κ1) is 12.8. The van der Waals surface area contributed by atoms with Gasteiger partial charge in [0, 0.05) is 13.5 Å². The summed E-state index contributed by atoms with van der Waals surface area (Å²) in [5.41, 5.74) is 2.37. The Kier molecular flexibility index (Phi) is 3.26. The van der Waals surface area contributed by atoms with Crippen LogP contribution in [0.15, 0.2) is 0 Å². The van der Waals surface area contributed by atoms with E-state index in [1.807, 2.05) is 13.8 Å². The molecule has 0 aliphatic heterocycles. The van der Waals surface area contributed by atoms with Crippen molar-refractivity contribution in [2.24, 2.45) is 7.05 Å². The maximum Gasteiger partial charge on any atom is 0.225 e. The van der Waals surface area contributed by atoms with Gasteiger partial charge < -0.3 is 5.32 Å². The van der Waals surface area contributed by atoms with Crippen molar-refractivity contribution < 1.29 is 4.79 Å². The molecule has 0 aliphatic rings. The van der Waals surface area contributed by atoms with Crippen LogP contribution in [0.1, 0.15) is 24.6 Å². The minimum atomic E-state index is -0.0777. The number of anilines is 1. The number of pyridine rings is 1. The van der Waals surface area contributed by atoms with Crippen LogP contribution >= 0.6 is 11.6 Å². The summed E-state index contributed by atoms with van der Waals surface area (Å²) in [6, 6.07) is 0. The lowest BCUT2D eigenvalue weighted by Gasteiger charge is -2.05. The molecule has 18 heavy (non-hydrogen) atoms. The normalized spacial score (nSPS) is 10.9. The Morgan fingerprint density at radius 2 is 2.11 bits per heavy atom. The first-order valence-corrected chi connectivity index (χ1v) is 6.12. The quantitative estimate of drug-likeness (QED) is 0.909. The molecule has 2 aromatic rings. The van der Waals surface area contributed by atoms with Gasteiger partial charge in [0.15, 0.2) is 11.5 Å². The number of halogens is 1. The molecule has 2 heterocycles. The largest absolute Gasteiger partial charge is 0.309 e. The van der Waals surface area contributed by atoms with Gasteiger partial charge in [0.25, 0.3) is 0 Å². The molecule has 1 N–H and O–H groups in total. The smallest absolute Gasteiger partial charge is 0.225 e. The van der Waals surface area contributed by atoms with E-state index in [4.69, 9.17) is 11.6 Å². The molecule has 96 valence electrons. The molecule has 0 radical (unpaired) electrons. The molecule has 5 nitrogen and oxygen atoms in total. The molecule has 0 saturated carbocycles. The van der Waals surface area contributed by atoms with E-state index in [9.17, 15) is 4.79 Å². The molecule has 0 bridgehead atoms. The number of aryl methyl sites for hydroxylation is 3. The third kappa shape index (κ3) is 1.95. The van der Waals surface area contributed by atoms with E-state index in [2.05, 4.69) is 15.4 Å². The van der Waals surface area contributed by atoms with Crippen LogP contribution in [-0.4, -0.2) is 20.7 Å². The molecule has 0 aromatic carbocycles. The molecule has 2 rings (SSSR count). The second-order valence-corrected chi connectivity index (χ2v) is 4.59. The molecular weight excluding hydrogens is 252 g/mol. The van der Waals surface area contributed by atoms with E-state index in [-0.39, 0.29) is 5.91 Å². The number of carbonyl (C=O) groups is 1. The number of rotatable bonds is 2. The van der Waals surface area contributed by atoms with E-state index < -0.39 is 0 Å². The number of nitrogens with one attached hydrogen (secondary N) is 1. The molecule has 6 heteroatoms. The van der Waals surface area contributed by atoms with Crippen LogP contribution in [0.25, 0.3) is 11.0 Å². The van der Waals surface area contributed by atoms with Crippen molar-refractivity contribution in [2.75, 3.05) is 5.32 Å². The molecule has 0 unspecified atom stereocenters. The molecular formula is C12H15ClN4O. The van der Waals surface area contributed by atoms with Crippen LogP contribution in [0, 0.1) is 13.8 Å². The Hall–Kier alpha value is -1.62. The molecule has 0 fully saturated rings. The average molecular weight is 267 g/mol. The van der Waals surface area contributed by atoms with Crippen LogP contribution in [0.5, 0.6) is 0 Å². The number of aromatic nitrogens is 3. The third-order valence-electron chi connectivity index (χ3n) is 2.89. The van der Waals surface area contributed by atoms with E-state index in [1.54, 1.807) is 18.7 Å². The fraction of sp³-hybridized carbons (Fsp3) is 0.417. The standard InChI is InChI=1S/C12H15ClN4O/c1-5-8(18)15-11-9-6(2)10(13)7(3)14-12(9)17(4)16-11/h5H2,1-4H3,(H,15,16,18). The average Bonchev–Trinajstić information content (AvgIpc) is 2.63. The molecule has 1 amide bonds. The molecule has 0 aliphatic carbocycles. The maximum atomic E-state index is 11.5. The Labute approximate surface area is 110 Å². The minimum Gasteiger partial charge on any atom is -0.309 e. The summed E-state index contributed by atoms with van der Waals surface area (Å²) in [6.45, 7) is 5.55. The van der Waals surface area contributed by atoms with Crippen molar-refractivity contribution in [2.45, 2.75) is 27.2 Å². The van der Waals surface area contributed by atoms with Gasteiger partial charge in [0.05, 0.1) is 16.1 Å². The lowest BCUT2D eigenvalue weighted by Crippen LogP contribution is -2.10. The van der Waals surface area contributed by atoms with Gasteiger partial charge in [-0.2, -0.15) is 5.10 Å². The van der Waals surface area contributed by atoms with Crippen molar-refractivity contribution in [3.8, 4) is 0 Å². The van der Waals surface area contributed by atoms with Crippen LogP contribution in [-0.2, 0) is 11.8 Å². The number of fused-ring (bicyclic) bond motifs is 1. The second-order valence-electron chi connectivity index (χ2n) is 4.21. The zero-order chi connectivity index (χ0) is 13.4. The monoisotopic (exact) mass is 266 g/mol. The predicted molar refractivity (Wildman–Crippen MR) is 71.9 cm³/mol. The highest BCUT2D eigenvalue weighted by atomic mass is 35.5. The van der Waals surface area contributed by atoms with Crippen LogP contribution < -0.4 is 5.32 Å². The summed E-state index contributed by atoms with van der Waals surface area (Å²) in [5, 5.41) is 8.47. The fourth-order valence-electron chi connectivity index (χ4n) is 1.89. The number of hydrogen-bond donors (Lipinski definition) is 1. The topological polar surface area (TPSA) is 59.8 Å². The molecule has 2 aromatic heterocycles. The van der Waals surface area contributed by atoms with Crippen LogP contribution in [0.2, 0.25) is 5.02 Å². The predicted octanol–water partition coefficient (Wildman–Crippen LogP) is 2.59. The number of hydrogen-bond acceptors (Lipinski definition) is 3. The summed E-state index contributed by atoms with van der Waals surface area (Å²) < 4.78 is 1.65. The summed E-state index contributed by atoms with van der Waals surface area (Å²) in [7, 11) is 1.80. The lowest BCUT2D eigenvalue weighted by atomic mass is 10.1. The Balaban J connectivity index is 2.69. The Bertz CT molecular complexity index is 633. The highest BCUT2D eigenvalue weighted by Gasteiger charge is 2.17. The zero-order valence-corrected chi connectivity index (χ0v) is 11.6. The summed E-state index contributed by atoms with van der Waals surface area (Å²) in [4.78, 5) is 15.9. The van der Waals surface area contributed by atoms with Gasteiger partial charge in [-0.1, -0.05) is 18.5 Å². The highest BCUT2D eigenvalue weighted by Crippen LogP contribution is 2.31. The molecule has 0 atom stereocenters. The number of nitrogens with zero attached hydrogens (tertiary/aromatic N) is 3. The van der Waals surface area contributed by atoms with Gasteiger partial charge in [-0.15, -0.1) is 0 Å². The Morgan fingerprint density at radius 3 is 2.72 bits per heavy atom. The van der Waals surface area contributed by atoms with Gasteiger partial charge in [0.1, 0.15) is 0 Å². The first-order chi connectivity index (χ1) is 8.45. The van der Waals surface area contributed by atoms with Gasteiger partial charge in [-0.25, -0.2) is 9.67 Å². The van der Waals surface area contributed by atoms with Crippen LogP contribution in [0.4, 0.5) is 5.82 Å². The Morgan fingerprint density at radius 1 is 1.44 bits per heavy atom.